The number of carbonyl (C=O) groups is 5. The molecule has 1 amide bonds. The number of alkyl halides is 1. The van der Waals surface area contributed by atoms with Crippen molar-refractivity contribution in [1.29, 1.82) is 0 Å². The highest BCUT2D eigenvalue weighted by molar-refractivity contribution is 5.78. The number of nitrogens with one attached hydrogen (secondary N) is 1. The molecule has 0 spiro atoms. The summed E-state index contributed by atoms with van der Waals surface area (Å²) in [4.78, 5) is 58.6. The van der Waals surface area contributed by atoms with Crippen LogP contribution in [-0.4, -0.2) is 84.9 Å². The van der Waals surface area contributed by atoms with E-state index in [0.29, 0.717) is 0 Å². The van der Waals surface area contributed by atoms with Crippen LogP contribution in [0.5, 0.6) is 0 Å². The second kappa shape index (κ2) is 11.0. The van der Waals surface area contributed by atoms with Crippen molar-refractivity contribution < 1.29 is 57.2 Å². The minimum absolute atomic E-state index is 0.648. The summed E-state index contributed by atoms with van der Waals surface area (Å²) in [6, 6.07) is -1.33. The number of rotatable bonds is 8. The Morgan fingerprint density at radius 2 is 1.68 bits per heavy atom. The Kier molecular flexibility index (Phi) is 9.31. The first-order chi connectivity index (χ1) is 14.3. The molecule has 0 aromatic carbocycles. The molecular weight excluding hydrogens is 425 g/mol. The van der Waals surface area contributed by atoms with E-state index in [1.54, 1.807) is 0 Å². The minimum Gasteiger partial charge on any atom is -0.465 e. The van der Waals surface area contributed by atoms with E-state index in [0.717, 1.165) is 34.8 Å². The SMILES string of the molecule is COC(=O)[C@@]1(O)C[C@H](OC(C)=O)[C@@H](NC(C)=O)[C@H]([C@H](OC(C)=O)[C@@H](CF)OC(C)=O)O1. The molecule has 1 saturated heterocycles. The molecule has 0 aliphatic carbocycles. The number of hydrogen-bond donors (Lipinski definition) is 2. The third-order valence-electron chi connectivity index (χ3n) is 4.22. The van der Waals surface area contributed by atoms with Crippen LogP contribution in [0.4, 0.5) is 4.39 Å². The lowest BCUT2D eigenvalue weighted by molar-refractivity contribution is -0.298. The van der Waals surface area contributed by atoms with Crippen molar-refractivity contribution in [3.05, 3.63) is 0 Å². The van der Waals surface area contributed by atoms with Crippen LogP contribution in [0.3, 0.4) is 0 Å². The molecular formula is C18H26FNO11. The predicted molar refractivity (Wildman–Crippen MR) is 96.7 cm³/mol. The summed E-state index contributed by atoms with van der Waals surface area (Å²) in [7, 11) is 0.951. The van der Waals surface area contributed by atoms with E-state index in [1.807, 2.05) is 0 Å². The van der Waals surface area contributed by atoms with Crippen molar-refractivity contribution in [2.24, 2.45) is 0 Å². The zero-order valence-electron chi connectivity index (χ0n) is 17.7. The number of aliphatic hydroxyl groups is 1. The largest absolute Gasteiger partial charge is 0.465 e. The van der Waals surface area contributed by atoms with E-state index in [9.17, 15) is 33.5 Å². The van der Waals surface area contributed by atoms with Gasteiger partial charge in [-0.2, -0.15) is 0 Å². The third kappa shape index (κ3) is 7.14. The van der Waals surface area contributed by atoms with E-state index in [4.69, 9.17) is 18.9 Å². The van der Waals surface area contributed by atoms with Crippen molar-refractivity contribution in [1.82, 2.24) is 5.32 Å². The first-order valence-electron chi connectivity index (χ1n) is 9.18. The van der Waals surface area contributed by atoms with Gasteiger partial charge in [-0.05, 0) is 0 Å². The Bertz CT molecular complexity index is 715. The smallest absolute Gasteiger partial charge is 0.366 e. The highest BCUT2D eigenvalue weighted by atomic mass is 19.1. The highest BCUT2D eigenvalue weighted by Gasteiger charge is 2.57. The van der Waals surface area contributed by atoms with Gasteiger partial charge in [0.2, 0.25) is 5.91 Å². The quantitative estimate of drug-likeness (QED) is 0.340. The van der Waals surface area contributed by atoms with Gasteiger partial charge in [-0.25, -0.2) is 9.18 Å². The topological polar surface area (TPSA) is 164 Å². The molecule has 2 N–H and O–H groups in total. The van der Waals surface area contributed by atoms with Gasteiger partial charge in [0.25, 0.3) is 5.79 Å². The van der Waals surface area contributed by atoms with Gasteiger partial charge in [0, 0.05) is 27.7 Å². The Morgan fingerprint density at radius 1 is 1.10 bits per heavy atom. The molecule has 0 unspecified atom stereocenters. The average molecular weight is 451 g/mol. The summed E-state index contributed by atoms with van der Waals surface area (Å²) >= 11 is 0. The number of hydrogen-bond acceptors (Lipinski definition) is 11. The third-order valence-corrected chi connectivity index (χ3v) is 4.22. The second-order valence-corrected chi connectivity index (χ2v) is 6.81. The van der Waals surface area contributed by atoms with Crippen LogP contribution in [0, 0.1) is 0 Å². The normalized spacial score (nSPS) is 27.3. The standard InChI is InChI=1S/C18H26FNO11/c1-8(21)20-14-12(28-9(2)22)6-18(26,17(25)27-5)31-16(14)15(30-11(4)24)13(7-19)29-10(3)23/h12-16,26H,6-7H2,1-5H3,(H,20,21)/t12-,13+,14+,15+,16+,18+/m0/s1. The molecule has 1 heterocycles. The van der Waals surface area contributed by atoms with Gasteiger partial charge in [-0.1, -0.05) is 0 Å². The molecule has 0 aromatic heterocycles. The molecule has 13 heteroatoms. The lowest BCUT2D eigenvalue weighted by atomic mass is 9.88. The zero-order valence-corrected chi connectivity index (χ0v) is 17.7. The molecule has 1 rings (SSSR count). The van der Waals surface area contributed by atoms with Gasteiger partial charge < -0.3 is 34.1 Å². The number of amides is 1. The summed E-state index contributed by atoms with van der Waals surface area (Å²) in [5.41, 5.74) is 0. The molecule has 1 aliphatic rings. The molecule has 176 valence electrons. The average Bonchev–Trinajstić information content (AvgIpc) is 2.64. The fourth-order valence-corrected chi connectivity index (χ4v) is 3.20. The minimum atomic E-state index is -2.72. The van der Waals surface area contributed by atoms with Gasteiger partial charge in [-0.15, -0.1) is 0 Å². The first kappa shape index (κ1) is 26.2. The maximum atomic E-state index is 13.7. The molecule has 0 bridgehead atoms. The van der Waals surface area contributed by atoms with Crippen LogP contribution >= 0.6 is 0 Å². The van der Waals surface area contributed by atoms with E-state index in [1.165, 1.54) is 0 Å². The van der Waals surface area contributed by atoms with Crippen LogP contribution in [-0.2, 0) is 47.7 Å². The molecule has 0 saturated carbocycles. The summed E-state index contributed by atoms with van der Waals surface area (Å²) < 4.78 is 38.7. The summed E-state index contributed by atoms with van der Waals surface area (Å²) in [5, 5.41) is 13.1. The maximum Gasteiger partial charge on any atom is 0.366 e. The predicted octanol–water partition coefficient (Wildman–Crippen LogP) is -1.09. The molecule has 12 nitrogen and oxygen atoms in total. The Hall–Kier alpha value is -2.80. The van der Waals surface area contributed by atoms with Crippen LogP contribution < -0.4 is 5.32 Å². The monoisotopic (exact) mass is 451 g/mol. The van der Waals surface area contributed by atoms with Crippen molar-refractivity contribution in [3.8, 4) is 0 Å². The van der Waals surface area contributed by atoms with Gasteiger partial charge in [0.15, 0.2) is 12.2 Å². The van der Waals surface area contributed by atoms with Crippen molar-refractivity contribution in [2.75, 3.05) is 13.8 Å². The Morgan fingerprint density at radius 3 is 2.10 bits per heavy atom. The van der Waals surface area contributed by atoms with E-state index >= 15 is 0 Å². The second-order valence-electron chi connectivity index (χ2n) is 6.81. The zero-order chi connectivity index (χ0) is 23.9. The van der Waals surface area contributed by atoms with Crippen LogP contribution in [0.15, 0.2) is 0 Å². The lowest BCUT2D eigenvalue weighted by Crippen LogP contribution is -2.68. The van der Waals surface area contributed by atoms with Crippen molar-refractivity contribution in [3.63, 3.8) is 0 Å². The lowest BCUT2D eigenvalue weighted by Gasteiger charge is -2.46. The van der Waals surface area contributed by atoms with E-state index in [-0.39, 0.29) is 0 Å². The summed E-state index contributed by atoms with van der Waals surface area (Å²) in [5.74, 6) is -7.36. The number of halogens is 1. The highest BCUT2D eigenvalue weighted by Crippen LogP contribution is 2.34. The van der Waals surface area contributed by atoms with Crippen LogP contribution in [0.25, 0.3) is 0 Å². The molecule has 1 aliphatic heterocycles. The summed E-state index contributed by atoms with van der Waals surface area (Å²) in [6.07, 6.45) is -7.24. The van der Waals surface area contributed by atoms with Crippen LogP contribution in [0.1, 0.15) is 34.1 Å². The van der Waals surface area contributed by atoms with Crippen molar-refractivity contribution in [2.45, 2.75) is 70.4 Å². The fraction of sp³-hybridized carbons (Fsp3) is 0.722. The Labute approximate surface area is 177 Å². The van der Waals surface area contributed by atoms with E-state index < -0.39 is 79.1 Å². The number of esters is 4. The molecule has 0 radical (unpaired) electrons. The summed E-state index contributed by atoms with van der Waals surface area (Å²) in [6.45, 7) is 2.76. The fourth-order valence-electron chi connectivity index (χ4n) is 3.20. The van der Waals surface area contributed by atoms with E-state index in [2.05, 4.69) is 10.1 Å². The maximum absolute atomic E-state index is 13.7. The van der Waals surface area contributed by atoms with Gasteiger partial charge >= 0.3 is 23.9 Å². The van der Waals surface area contributed by atoms with Crippen molar-refractivity contribution >= 4 is 29.8 Å². The molecule has 1 fully saturated rings. The molecule has 31 heavy (non-hydrogen) atoms. The number of methoxy groups -OCH3 is 1. The number of carbonyl (C=O) groups excluding carboxylic acids is 5. The first-order valence-corrected chi connectivity index (χ1v) is 9.18. The number of ether oxygens (including phenoxy) is 5. The molecule has 6 atom stereocenters. The van der Waals surface area contributed by atoms with Crippen LogP contribution in [0.2, 0.25) is 0 Å². The van der Waals surface area contributed by atoms with Gasteiger partial charge in [-0.3, -0.25) is 19.2 Å². The van der Waals surface area contributed by atoms with Gasteiger partial charge in [0.1, 0.15) is 18.9 Å². The van der Waals surface area contributed by atoms with Gasteiger partial charge in [0.05, 0.1) is 19.6 Å². The molecule has 0 aromatic rings. The Balaban J connectivity index is 3.57.